The first-order chi connectivity index (χ1) is 9.96. The highest BCUT2D eigenvalue weighted by Gasteiger charge is 2.19. The topological polar surface area (TPSA) is 84.5 Å². The van der Waals surface area contributed by atoms with Gasteiger partial charge in [-0.25, -0.2) is 13.1 Å². The lowest BCUT2D eigenvalue weighted by Crippen LogP contribution is -2.27. The van der Waals surface area contributed by atoms with Crippen LogP contribution in [-0.2, 0) is 10.0 Å². The van der Waals surface area contributed by atoms with Gasteiger partial charge in [0, 0.05) is 13.1 Å². The van der Waals surface area contributed by atoms with Crippen LogP contribution in [0, 0.1) is 0 Å². The van der Waals surface area contributed by atoms with E-state index in [4.69, 9.17) is 4.74 Å². The van der Waals surface area contributed by atoms with Gasteiger partial charge in [-0.15, -0.1) is 0 Å². The summed E-state index contributed by atoms with van der Waals surface area (Å²) < 4.78 is 31.8. The number of hydrogen-bond donors (Lipinski definition) is 2. The van der Waals surface area contributed by atoms with E-state index in [0.717, 1.165) is 6.42 Å². The fraction of sp³-hybridized carbons (Fsp3) is 0.500. The largest absolute Gasteiger partial charge is 0.496 e. The highest BCUT2D eigenvalue weighted by atomic mass is 32.2. The monoisotopic (exact) mass is 314 g/mol. The predicted molar refractivity (Wildman–Crippen MR) is 81.1 cm³/mol. The lowest BCUT2D eigenvalue weighted by molar-refractivity contribution is 0.0950. The Kier molecular flexibility index (Phi) is 6.64. The van der Waals surface area contributed by atoms with Gasteiger partial charge in [0.25, 0.3) is 5.91 Å². The van der Waals surface area contributed by atoms with Crippen LogP contribution in [0.4, 0.5) is 0 Å². The Bertz CT molecular complexity index is 585. The van der Waals surface area contributed by atoms with Gasteiger partial charge in [0.05, 0.1) is 17.6 Å². The van der Waals surface area contributed by atoms with Crippen molar-refractivity contribution in [1.29, 1.82) is 0 Å². The van der Waals surface area contributed by atoms with E-state index in [2.05, 4.69) is 10.0 Å². The first-order valence-corrected chi connectivity index (χ1v) is 8.40. The lowest BCUT2D eigenvalue weighted by Gasteiger charge is -2.11. The second kappa shape index (κ2) is 7.99. The lowest BCUT2D eigenvalue weighted by atomic mass is 10.2. The van der Waals surface area contributed by atoms with E-state index in [1.165, 1.54) is 25.3 Å². The smallest absolute Gasteiger partial charge is 0.255 e. The first-order valence-electron chi connectivity index (χ1n) is 6.92. The molecule has 21 heavy (non-hydrogen) atoms. The van der Waals surface area contributed by atoms with E-state index in [1.54, 1.807) is 0 Å². The summed E-state index contributed by atoms with van der Waals surface area (Å²) in [6.45, 7) is 4.69. The SMILES string of the molecule is CCCNC(=O)c1cc(S(=O)(=O)NCCC)ccc1OC. The Labute approximate surface area is 125 Å². The molecule has 1 aromatic rings. The average molecular weight is 314 g/mol. The van der Waals surface area contributed by atoms with E-state index < -0.39 is 10.0 Å². The summed E-state index contributed by atoms with van der Waals surface area (Å²) in [6, 6.07) is 4.25. The summed E-state index contributed by atoms with van der Waals surface area (Å²) in [5, 5.41) is 2.71. The third-order valence-electron chi connectivity index (χ3n) is 2.80. The molecule has 1 aromatic carbocycles. The number of benzene rings is 1. The van der Waals surface area contributed by atoms with E-state index in [9.17, 15) is 13.2 Å². The number of carbonyl (C=O) groups is 1. The average Bonchev–Trinajstić information content (AvgIpc) is 2.49. The Hall–Kier alpha value is -1.60. The van der Waals surface area contributed by atoms with E-state index in [0.29, 0.717) is 25.3 Å². The van der Waals surface area contributed by atoms with Gasteiger partial charge >= 0.3 is 0 Å². The molecular formula is C14H22N2O4S. The zero-order chi connectivity index (χ0) is 15.9. The molecule has 0 bridgehead atoms. The third kappa shape index (κ3) is 4.71. The standard InChI is InChI=1S/C14H22N2O4S/c1-4-8-15-14(17)12-10-11(6-7-13(12)20-3)21(18,19)16-9-5-2/h6-7,10,16H,4-5,8-9H2,1-3H3,(H,15,17). The van der Waals surface area contributed by atoms with Crippen LogP contribution in [0.15, 0.2) is 23.1 Å². The van der Waals surface area contributed by atoms with Crippen LogP contribution >= 0.6 is 0 Å². The van der Waals surface area contributed by atoms with Gasteiger partial charge in [-0.05, 0) is 31.0 Å². The second-order valence-corrected chi connectivity index (χ2v) is 6.28. The summed E-state index contributed by atoms with van der Waals surface area (Å²) in [7, 11) is -2.17. The van der Waals surface area contributed by atoms with Gasteiger partial charge in [0.1, 0.15) is 5.75 Å². The third-order valence-corrected chi connectivity index (χ3v) is 4.26. The van der Waals surface area contributed by atoms with Gasteiger partial charge in [-0.1, -0.05) is 13.8 Å². The van der Waals surface area contributed by atoms with Gasteiger partial charge in [0.15, 0.2) is 0 Å². The molecular weight excluding hydrogens is 292 g/mol. The van der Waals surface area contributed by atoms with Crippen LogP contribution in [0.3, 0.4) is 0 Å². The van der Waals surface area contributed by atoms with Crippen LogP contribution in [-0.4, -0.2) is 34.5 Å². The Morgan fingerprint density at radius 2 is 1.86 bits per heavy atom. The zero-order valence-corrected chi connectivity index (χ0v) is 13.4. The number of ether oxygens (including phenoxy) is 1. The molecule has 0 spiro atoms. The highest BCUT2D eigenvalue weighted by molar-refractivity contribution is 7.89. The number of carbonyl (C=O) groups excluding carboxylic acids is 1. The van der Waals surface area contributed by atoms with Crippen molar-refractivity contribution >= 4 is 15.9 Å². The maximum atomic E-state index is 12.1. The molecule has 0 radical (unpaired) electrons. The maximum Gasteiger partial charge on any atom is 0.255 e. The molecule has 2 N–H and O–H groups in total. The van der Waals surface area contributed by atoms with E-state index in [-0.39, 0.29) is 16.4 Å². The fourth-order valence-corrected chi connectivity index (χ4v) is 2.84. The summed E-state index contributed by atoms with van der Waals surface area (Å²) in [5.41, 5.74) is 0.213. The molecule has 7 heteroatoms. The number of rotatable bonds is 8. The zero-order valence-electron chi connectivity index (χ0n) is 12.6. The van der Waals surface area contributed by atoms with Crippen LogP contribution < -0.4 is 14.8 Å². The molecule has 1 amide bonds. The molecule has 0 saturated carbocycles. The van der Waals surface area contributed by atoms with Crippen LogP contribution in [0.2, 0.25) is 0 Å². The van der Waals surface area contributed by atoms with Gasteiger partial charge in [0.2, 0.25) is 10.0 Å². The minimum absolute atomic E-state index is 0.0541. The Morgan fingerprint density at radius 1 is 1.19 bits per heavy atom. The van der Waals surface area contributed by atoms with Crippen LogP contribution in [0.5, 0.6) is 5.75 Å². The first kappa shape index (κ1) is 17.5. The number of hydrogen-bond acceptors (Lipinski definition) is 4. The van der Waals surface area contributed by atoms with Crippen molar-refractivity contribution in [2.75, 3.05) is 20.2 Å². The summed E-state index contributed by atoms with van der Waals surface area (Å²) in [4.78, 5) is 12.1. The van der Waals surface area contributed by atoms with Crippen molar-refractivity contribution in [3.63, 3.8) is 0 Å². The highest BCUT2D eigenvalue weighted by Crippen LogP contribution is 2.22. The normalized spacial score (nSPS) is 11.2. The number of nitrogens with one attached hydrogen (secondary N) is 2. The van der Waals surface area contributed by atoms with Crippen molar-refractivity contribution in [3.05, 3.63) is 23.8 Å². The molecule has 0 aliphatic heterocycles. The van der Waals surface area contributed by atoms with E-state index in [1.807, 2.05) is 13.8 Å². The molecule has 0 unspecified atom stereocenters. The van der Waals surface area contributed by atoms with Gasteiger partial charge < -0.3 is 10.1 Å². The number of methoxy groups -OCH3 is 1. The van der Waals surface area contributed by atoms with Crippen molar-refractivity contribution in [1.82, 2.24) is 10.0 Å². The Balaban J connectivity index is 3.13. The summed E-state index contributed by atoms with van der Waals surface area (Å²) >= 11 is 0. The Morgan fingerprint density at radius 3 is 2.43 bits per heavy atom. The van der Waals surface area contributed by atoms with Crippen molar-refractivity contribution in [2.45, 2.75) is 31.6 Å². The molecule has 0 aliphatic rings. The van der Waals surface area contributed by atoms with Crippen molar-refractivity contribution in [2.24, 2.45) is 0 Å². The number of amides is 1. The second-order valence-electron chi connectivity index (χ2n) is 4.52. The van der Waals surface area contributed by atoms with Gasteiger partial charge in [-0.2, -0.15) is 0 Å². The fourth-order valence-electron chi connectivity index (χ4n) is 1.69. The minimum atomic E-state index is -3.61. The molecule has 6 nitrogen and oxygen atoms in total. The molecule has 0 atom stereocenters. The molecule has 0 aromatic heterocycles. The van der Waals surface area contributed by atoms with Crippen LogP contribution in [0.1, 0.15) is 37.0 Å². The molecule has 0 aliphatic carbocycles. The molecule has 0 saturated heterocycles. The predicted octanol–water partition coefficient (Wildman–Crippen LogP) is 1.52. The van der Waals surface area contributed by atoms with Crippen LogP contribution in [0.25, 0.3) is 0 Å². The molecule has 0 fully saturated rings. The van der Waals surface area contributed by atoms with E-state index >= 15 is 0 Å². The number of sulfonamides is 1. The van der Waals surface area contributed by atoms with Crippen molar-refractivity contribution < 1.29 is 17.9 Å². The minimum Gasteiger partial charge on any atom is -0.496 e. The maximum absolute atomic E-state index is 12.1. The van der Waals surface area contributed by atoms with Crippen molar-refractivity contribution in [3.8, 4) is 5.75 Å². The summed E-state index contributed by atoms with van der Waals surface area (Å²) in [6.07, 6.45) is 1.49. The quantitative estimate of drug-likeness (QED) is 0.762. The molecule has 118 valence electrons. The summed E-state index contributed by atoms with van der Waals surface area (Å²) in [5.74, 6) is -0.000661. The molecule has 0 heterocycles. The molecule has 1 rings (SSSR count). The van der Waals surface area contributed by atoms with Gasteiger partial charge in [-0.3, -0.25) is 4.79 Å².